The molecule has 0 aliphatic carbocycles. The van der Waals surface area contributed by atoms with Gasteiger partial charge in [0.15, 0.2) is 0 Å². The van der Waals surface area contributed by atoms with Crippen LogP contribution in [0.15, 0.2) is 18.2 Å². The van der Waals surface area contributed by atoms with Crippen molar-refractivity contribution in [1.82, 2.24) is 14.5 Å². The number of aromatic nitrogens is 2. The summed E-state index contributed by atoms with van der Waals surface area (Å²) in [5.41, 5.74) is 1.67. The Labute approximate surface area is 140 Å². The fraction of sp³-hybridized carbons (Fsp3) is 0.529. The second kappa shape index (κ2) is 7.29. The van der Waals surface area contributed by atoms with Crippen LogP contribution in [0.5, 0.6) is 0 Å². The van der Waals surface area contributed by atoms with Crippen LogP contribution in [0, 0.1) is 0 Å². The molecule has 1 unspecified atom stereocenters. The lowest BCUT2D eigenvalue weighted by atomic mass is 10.2. The Bertz CT molecular complexity index is 720. The molecule has 0 radical (unpaired) electrons. The van der Waals surface area contributed by atoms with E-state index in [-0.39, 0.29) is 5.56 Å². The van der Waals surface area contributed by atoms with E-state index in [1.807, 2.05) is 4.57 Å². The van der Waals surface area contributed by atoms with E-state index in [4.69, 9.17) is 9.84 Å². The van der Waals surface area contributed by atoms with Gasteiger partial charge in [0.2, 0.25) is 0 Å². The third-order valence-corrected chi connectivity index (χ3v) is 4.36. The first-order valence-corrected chi connectivity index (χ1v) is 8.28. The lowest BCUT2D eigenvalue weighted by Crippen LogP contribution is -2.37. The number of fused-ring (bicyclic) bond motifs is 1. The van der Waals surface area contributed by atoms with Gasteiger partial charge >= 0.3 is 5.97 Å². The van der Waals surface area contributed by atoms with Gasteiger partial charge in [-0.15, -0.1) is 0 Å². The predicted molar refractivity (Wildman–Crippen MR) is 89.2 cm³/mol. The molecule has 2 heterocycles. The zero-order valence-electron chi connectivity index (χ0n) is 13.8. The number of aliphatic hydroxyl groups excluding tert-OH is 1. The Morgan fingerprint density at radius 2 is 2.08 bits per heavy atom. The van der Waals surface area contributed by atoms with Crippen molar-refractivity contribution in [2.75, 3.05) is 32.8 Å². The normalized spacial score (nSPS) is 17.2. The zero-order chi connectivity index (χ0) is 17.1. The molecule has 130 valence electrons. The molecule has 0 saturated carbocycles. The topological polar surface area (TPSA) is 87.8 Å². The quantitative estimate of drug-likeness (QED) is 0.833. The molecule has 2 N–H and O–H groups in total. The summed E-state index contributed by atoms with van der Waals surface area (Å²) in [6.07, 6.45) is 0.236. The molecule has 0 spiro atoms. The van der Waals surface area contributed by atoms with E-state index in [0.717, 1.165) is 51.3 Å². The maximum absolute atomic E-state index is 11.1. The SMILES string of the molecule is CC(O)c1nc2cc(C(=O)O)ccc2n1CCCN1CCOCC1. The number of aromatic carboxylic acids is 1. The Hall–Kier alpha value is -1.96. The van der Waals surface area contributed by atoms with Crippen LogP contribution >= 0.6 is 0 Å². The largest absolute Gasteiger partial charge is 0.478 e. The number of hydrogen-bond donors (Lipinski definition) is 2. The van der Waals surface area contributed by atoms with Gasteiger partial charge in [0.25, 0.3) is 0 Å². The fourth-order valence-corrected chi connectivity index (χ4v) is 3.11. The van der Waals surface area contributed by atoms with Crippen molar-refractivity contribution >= 4 is 17.0 Å². The molecule has 1 saturated heterocycles. The van der Waals surface area contributed by atoms with Gasteiger partial charge in [-0.1, -0.05) is 0 Å². The molecule has 1 aliphatic heterocycles. The van der Waals surface area contributed by atoms with Crippen molar-refractivity contribution < 1.29 is 19.7 Å². The van der Waals surface area contributed by atoms with Crippen LogP contribution < -0.4 is 0 Å². The van der Waals surface area contributed by atoms with Gasteiger partial charge < -0.3 is 19.5 Å². The van der Waals surface area contributed by atoms with Crippen molar-refractivity contribution in [3.63, 3.8) is 0 Å². The predicted octanol–water partition coefficient (Wildman–Crippen LogP) is 1.51. The van der Waals surface area contributed by atoms with Gasteiger partial charge in [-0.25, -0.2) is 9.78 Å². The number of benzene rings is 1. The number of rotatable bonds is 6. The molecule has 1 atom stereocenters. The van der Waals surface area contributed by atoms with Gasteiger partial charge in [-0.3, -0.25) is 4.90 Å². The summed E-state index contributed by atoms with van der Waals surface area (Å²) < 4.78 is 7.34. The fourth-order valence-electron chi connectivity index (χ4n) is 3.11. The smallest absolute Gasteiger partial charge is 0.335 e. The monoisotopic (exact) mass is 333 g/mol. The molecule has 0 amide bonds. The number of ether oxygens (including phenoxy) is 1. The van der Waals surface area contributed by atoms with Gasteiger partial charge in [0.05, 0.1) is 29.8 Å². The first-order valence-electron chi connectivity index (χ1n) is 8.28. The van der Waals surface area contributed by atoms with Gasteiger partial charge in [-0.05, 0) is 31.5 Å². The molecule has 1 aromatic heterocycles. The zero-order valence-corrected chi connectivity index (χ0v) is 13.8. The molecule has 7 nitrogen and oxygen atoms in total. The second-order valence-electron chi connectivity index (χ2n) is 6.11. The minimum Gasteiger partial charge on any atom is -0.478 e. The van der Waals surface area contributed by atoms with Crippen LogP contribution in [0.2, 0.25) is 0 Å². The van der Waals surface area contributed by atoms with Crippen molar-refractivity contribution in [3.8, 4) is 0 Å². The average molecular weight is 333 g/mol. The molecule has 1 aromatic carbocycles. The van der Waals surface area contributed by atoms with Crippen LogP contribution in [-0.4, -0.2) is 63.5 Å². The van der Waals surface area contributed by atoms with Gasteiger partial charge in [0.1, 0.15) is 11.9 Å². The van der Waals surface area contributed by atoms with E-state index in [1.54, 1.807) is 25.1 Å². The number of carboxylic acids is 1. The third-order valence-electron chi connectivity index (χ3n) is 4.36. The number of imidazole rings is 1. The third kappa shape index (κ3) is 3.58. The van der Waals surface area contributed by atoms with Gasteiger partial charge in [0, 0.05) is 26.2 Å². The van der Waals surface area contributed by atoms with Crippen LogP contribution in [0.25, 0.3) is 11.0 Å². The van der Waals surface area contributed by atoms with E-state index in [2.05, 4.69) is 9.88 Å². The number of hydrogen-bond acceptors (Lipinski definition) is 5. The Morgan fingerprint density at radius 3 is 2.75 bits per heavy atom. The summed E-state index contributed by atoms with van der Waals surface area (Å²) in [4.78, 5) is 17.9. The molecule has 2 aromatic rings. The Morgan fingerprint density at radius 1 is 1.33 bits per heavy atom. The van der Waals surface area contributed by atoms with E-state index in [0.29, 0.717) is 11.3 Å². The van der Waals surface area contributed by atoms with Crippen LogP contribution in [0.1, 0.15) is 35.6 Å². The first kappa shape index (κ1) is 16.9. The number of nitrogens with zero attached hydrogens (tertiary/aromatic N) is 3. The standard InChI is InChI=1S/C17H23N3O4/c1-12(21)16-18-14-11-13(17(22)23)3-4-15(14)20(16)6-2-5-19-7-9-24-10-8-19/h3-4,11-12,21H,2,5-10H2,1H3,(H,22,23). The molecule has 7 heteroatoms. The highest BCUT2D eigenvalue weighted by atomic mass is 16.5. The molecular weight excluding hydrogens is 310 g/mol. The summed E-state index contributed by atoms with van der Waals surface area (Å²) in [7, 11) is 0. The number of aliphatic hydroxyl groups is 1. The van der Waals surface area contributed by atoms with E-state index in [9.17, 15) is 9.90 Å². The molecule has 3 rings (SSSR count). The van der Waals surface area contributed by atoms with Crippen molar-refractivity contribution in [2.24, 2.45) is 0 Å². The van der Waals surface area contributed by atoms with Crippen molar-refractivity contribution in [1.29, 1.82) is 0 Å². The van der Waals surface area contributed by atoms with Crippen molar-refractivity contribution in [3.05, 3.63) is 29.6 Å². The average Bonchev–Trinajstić information content (AvgIpc) is 2.94. The van der Waals surface area contributed by atoms with E-state index in [1.165, 1.54) is 0 Å². The first-order chi connectivity index (χ1) is 11.6. The number of carbonyl (C=O) groups is 1. The Balaban J connectivity index is 1.79. The summed E-state index contributed by atoms with van der Waals surface area (Å²) >= 11 is 0. The van der Waals surface area contributed by atoms with E-state index < -0.39 is 12.1 Å². The minimum atomic E-state index is -0.975. The van der Waals surface area contributed by atoms with Gasteiger partial charge in [-0.2, -0.15) is 0 Å². The molecule has 1 aliphatic rings. The highest BCUT2D eigenvalue weighted by Gasteiger charge is 2.17. The number of morpholine rings is 1. The van der Waals surface area contributed by atoms with Crippen molar-refractivity contribution in [2.45, 2.75) is 26.0 Å². The van der Waals surface area contributed by atoms with E-state index >= 15 is 0 Å². The van der Waals surface area contributed by atoms with Crippen LogP contribution in [0.4, 0.5) is 0 Å². The maximum Gasteiger partial charge on any atom is 0.335 e. The lowest BCUT2D eigenvalue weighted by Gasteiger charge is -2.26. The second-order valence-corrected chi connectivity index (χ2v) is 6.11. The summed E-state index contributed by atoms with van der Waals surface area (Å²) in [5, 5.41) is 19.1. The molecule has 0 bridgehead atoms. The molecule has 1 fully saturated rings. The molecular formula is C17H23N3O4. The molecule has 24 heavy (non-hydrogen) atoms. The lowest BCUT2D eigenvalue weighted by molar-refractivity contribution is 0.0369. The minimum absolute atomic E-state index is 0.206. The van der Waals surface area contributed by atoms with Crippen LogP contribution in [0.3, 0.4) is 0 Å². The summed E-state index contributed by atoms with van der Waals surface area (Å²) in [5.74, 6) is -0.396. The van der Waals surface area contributed by atoms with Crippen LogP contribution in [-0.2, 0) is 11.3 Å². The highest BCUT2D eigenvalue weighted by Crippen LogP contribution is 2.22. The Kier molecular flexibility index (Phi) is 5.13. The number of carboxylic acid groups (broad SMARTS) is 1. The highest BCUT2D eigenvalue weighted by molar-refractivity contribution is 5.92. The summed E-state index contributed by atoms with van der Waals surface area (Å²) in [6, 6.07) is 4.91. The maximum atomic E-state index is 11.1. The summed E-state index contributed by atoms with van der Waals surface area (Å²) in [6.45, 7) is 6.86. The number of aryl methyl sites for hydroxylation is 1.